The van der Waals surface area contributed by atoms with Gasteiger partial charge in [-0.15, -0.1) is 11.3 Å². The van der Waals surface area contributed by atoms with Gasteiger partial charge in [-0.25, -0.2) is 16.8 Å². The minimum atomic E-state index is -3.40. The molecule has 0 N–H and O–H groups in total. The van der Waals surface area contributed by atoms with E-state index < -0.39 is 19.9 Å². The van der Waals surface area contributed by atoms with E-state index in [-0.39, 0.29) is 0 Å². The number of thiophene rings is 1. The van der Waals surface area contributed by atoms with E-state index >= 15 is 0 Å². The molecule has 1 aromatic carbocycles. The highest BCUT2D eigenvalue weighted by Crippen LogP contribution is 2.22. The van der Waals surface area contributed by atoms with E-state index in [1.54, 1.807) is 34.0 Å². The SMILES string of the molecule is CS(=O)(=O)c1ccc(CN2CCCN(S(=O)(=O)c3cccs3)CC2)cc1. The average molecular weight is 415 g/mol. The van der Waals surface area contributed by atoms with Crippen LogP contribution in [0.3, 0.4) is 0 Å². The Morgan fingerprint density at radius 2 is 1.69 bits per heavy atom. The molecular formula is C17H22N2O4S3. The van der Waals surface area contributed by atoms with Gasteiger partial charge in [0.25, 0.3) is 10.0 Å². The predicted octanol–water partition coefficient (Wildman–Crippen LogP) is 2.05. The Bertz CT molecular complexity index is 936. The van der Waals surface area contributed by atoms with Crippen molar-refractivity contribution in [3.8, 4) is 0 Å². The summed E-state index contributed by atoms with van der Waals surface area (Å²) in [6.07, 6.45) is 1.96. The molecule has 1 aliphatic rings. The topological polar surface area (TPSA) is 74.8 Å². The molecule has 2 aromatic rings. The standard InChI is InChI=1S/C17H22N2O4S3/c1-25(20,21)16-7-5-15(6-8-16)14-18-9-3-10-19(12-11-18)26(22,23)17-4-2-13-24-17/h2,4-8,13H,3,9-12,14H2,1H3. The summed E-state index contributed by atoms with van der Waals surface area (Å²) in [6.45, 7) is 3.12. The van der Waals surface area contributed by atoms with Crippen molar-refractivity contribution in [2.75, 3.05) is 32.4 Å². The average Bonchev–Trinajstić information content (AvgIpc) is 3.03. The molecule has 0 atom stereocenters. The van der Waals surface area contributed by atoms with Crippen LogP contribution in [0.5, 0.6) is 0 Å². The maximum Gasteiger partial charge on any atom is 0.252 e. The molecule has 142 valence electrons. The van der Waals surface area contributed by atoms with Gasteiger partial charge in [0, 0.05) is 32.4 Å². The van der Waals surface area contributed by atoms with E-state index in [1.807, 2.05) is 12.1 Å². The maximum absolute atomic E-state index is 12.7. The van der Waals surface area contributed by atoms with E-state index in [0.29, 0.717) is 35.3 Å². The fourth-order valence-electron chi connectivity index (χ4n) is 2.98. The molecule has 0 bridgehead atoms. The van der Waals surface area contributed by atoms with Crippen LogP contribution < -0.4 is 0 Å². The molecule has 0 unspecified atom stereocenters. The zero-order valence-electron chi connectivity index (χ0n) is 14.5. The van der Waals surface area contributed by atoms with Gasteiger partial charge in [0.2, 0.25) is 0 Å². The van der Waals surface area contributed by atoms with Crippen molar-refractivity contribution < 1.29 is 16.8 Å². The van der Waals surface area contributed by atoms with Crippen LogP contribution in [0.15, 0.2) is 50.9 Å². The molecule has 2 heterocycles. The first-order valence-electron chi connectivity index (χ1n) is 8.32. The molecule has 0 spiro atoms. The third-order valence-corrected chi connectivity index (χ3v) is 8.79. The quantitative estimate of drug-likeness (QED) is 0.749. The molecule has 0 amide bonds. The summed E-state index contributed by atoms with van der Waals surface area (Å²) in [4.78, 5) is 2.52. The lowest BCUT2D eigenvalue weighted by atomic mass is 10.2. The highest BCUT2D eigenvalue weighted by Gasteiger charge is 2.27. The Morgan fingerprint density at radius 3 is 2.31 bits per heavy atom. The smallest absolute Gasteiger partial charge is 0.252 e. The summed E-state index contributed by atoms with van der Waals surface area (Å²) in [5.41, 5.74) is 1.02. The normalized spacial score (nSPS) is 17.9. The lowest BCUT2D eigenvalue weighted by Crippen LogP contribution is -2.34. The minimum Gasteiger partial charge on any atom is -0.298 e. The van der Waals surface area contributed by atoms with Crippen LogP contribution in [0.4, 0.5) is 0 Å². The summed E-state index contributed by atoms with van der Waals surface area (Å²) in [5.74, 6) is 0. The molecule has 0 radical (unpaired) electrons. The third kappa shape index (κ3) is 4.52. The Kier molecular flexibility index (Phi) is 5.83. The molecule has 1 fully saturated rings. The fourth-order valence-corrected chi connectivity index (χ4v) is 6.23. The number of hydrogen-bond donors (Lipinski definition) is 0. The summed E-state index contributed by atoms with van der Waals surface area (Å²) in [5, 5.41) is 1.77. The van der Waals surface area contributed by atoms with Crippen molar-refractivity contribution in [1.82, 2.24) is 9.21 Å². The highest BCUT2D eigenvalue weighted by atomic mass is 32.2. The molecule has 1 saturated heterocycles. The fraction of sp³-hybridized carbons (Fsp3) is 0.412. The van der Waals surface area contributed by atoms with Crippen LogP contribution in [0.1, 0.15) is 12.0 Å². The summed E-state index contributed by atoms with van der Waals surface area (Å²) < 4.78 is 50.3. The Balaban J connectivity index is 1.64. The molecule has 1 aliphatic heterocycles. The molecule has 1 aromatic heterocycles. The van der Waals surface area contributed by atoms with Gasteiger partial charge in [0.1, 0.15) is 4.21 Å². The van der Waals surface area contributed by atoms with Gasteiger partial charge in [-0.1, -0.05) is 18.2 Å². The van der Waals surface area contributed by atoms with E-state index in [4.69, 9.17) is 0 Å². The van der Waals surface area contributed by atoms with Gasteiger partial charge in [-0.05, 0) is 42.1 Å². The van der Waals surface area contributed by atoms with E-state index in [1.165, 1.54) is 17.6 Å². The zero-order valence-corrected chi connectivity index (χ0v) is 17.0. The molecule has 3 rings (SSSR count). The van der Waals surface area contributed by atoms with Gasteiger partial charge in [-0.3, -0.25) is 4.90 Å². The van der Waals surface area contributed by atoms with Gasteiger partial charge in [-0.2, -0.15) is 4.31 Å². The number of sulfonamides is 1. The highest BCUT2D eigenvalue weighted by molar-refractivity contribution is 7.91. The van der Waals surface area contributed by atoms with Crippen LogP contribution in [-0.2, 0) is 26.4 Å². The van der Waals surface area contributed by atoms with Crippen LogP contribution in [0, 0.1) is 0 Å². The van der Waals surface area contributed by atoms with Gasteiger partial charge in [0.15, 0.2) is 9.84 Å². The first-order chi connectivity index (χ1) is 12.3. The van der Waals surface area contributed by atoms with E-state index in [2.05, 4.69) is 4.90 Å². The number of sulfone groups is 1. The predicted molar refractivity (Wildman–Crippen MR) is 103 cm³/mol. The Hall–Kier alpha value is -1.26. The molecular weight excluding hydrogens is 392 g/mol. The van der Waals surface area contributed by atoms with Crippen LogP contribution in [-0.4, -0.2) is 58.5 Å². The maximum atomic E-state index is 12.7. The Labute approximate surface area is 159 Å². The summed E-state index contributed by atoms with van der Waals surface area (Å²) in [7, 11) is -6.59. The lowest BCUT2D eigenvalue weighted by molar-refractivity contribution is 0.278. The zero-order chi connectivity index (χ0) is 18.8. The van der Waals surface area contributed by atoms with Crippen molar-refractivity contribution in [2.24, 2.45) is 0 Å². The second-order valence-corrected chi connectivity index (χ2v) is 11.5. The van der Waals surface area contributed by atoms with E-state index in [0.717, 1.165) is 18.5 Å². The van der Waals surface area contributed by atoms with Crippen LogP contribution in [0.2, 0.25) is 0 Å². The van der Waals surface area contributed by atoms with Gasteiger partial charge < -0.3 is 0 Å². The lowest BCUT2D eigenvalue weighted by Gasteiger charge is -2.21. The molecule has 26 heavy (non-hydrogen) atoms. The molecule has 0 saturated carbocycles. The monoisotopic (exact) mass is 414 g/mol. The van der Waals surface area contributed by atoms with Crippen LogP contribution >= 0.6 is 11.3 Å². The van der Waals surface area contributed by atoms with Crippen molar-refractivity contribution >= 4 is 31.2 Å². The van der Waals surface area contributed by atoms with Crippen molar-refractivity contribution in [3.05, 3.63) is 47.3 Å². The number of hydrogen-bond acceptors (Lipinski definition) is 6. The van der Waals surface area contributed by atoms with Crippen molar-refractivity contribution in [2.45, 2.75) is 22.1 Å². The summed E-state index contributed by atoms with van der Waals surface area (Å²) in [6, 6.07) is 10.3. The third-order valence-electron chi connectivity index (χ3n) is 4.39. The van der Waals surface area contributed by atoms with Gasteiger partial charge in [0.05, 0.1) is 4.90 Å². The molecule has 6 nitrogen and oxygen atoms in total. The van der Waals surface area contributed by atoms with Crippen LogP contribution in [0.25, 0.3) is 0 Å². The second-order valence-electron chi connectivity index (χ2n) is 6.38. The van der Waals surface area contributed by atoms with Gasteiger partial charge >= 0.3 is 0 Å². The molecule has 9 heteroatoms. The minimum absolute atomic E-state index is 0.310. The number of rotatable bonds is 5. The number of benzene rings is 1. The second kappa shape index (κ2) is 7.77. The van der Waals surface area contributed by atoms with Crippen molar-refractivity contribution in [1.29, 1.82) is 0 Å². The number of nitrogens with zero attached hydrogens (tertiary/aromatic N) is 2. The van der Waals surface area contributed by atoms with Crippen molar-refractivity contribution in [3.63, 3.8) is 0 Å². The Morgan fingerprint density at radius 1 is 0.962 bits per heavy atom. The first kappa shape index (κ1) is 19.5. The van der Waals surface area contributed by atoms with E-state index in [9.17, 15) is 16.8 Å². The first-order valence-corrected chi connectivity index (χ1v) is 12.5. The summed E-state index contributed by atoms with van der Waals surface area (Å²) >= 11 is 1.24. The largest absolute Gasteiger partial charge is 0.298 e. The molecule has 0 aliphatic carbocycles.